The van der Waals surface area contributed by atoms with Crippen LogP contribution in [0, 0.1) is 5.92 Å². The summed E-state index contributed by atoms with van der Waals surface area (Å²) in [6, 6.07) is 0. The Bertz CT molecular complexity index is 154. The van der Waals surface area contributed by atoms with Crippen LogP contribution in [-0.2, 0) is 0 Å². The third kappa shape index (κ3) is 4.67. The van der Waals surface area contributed by atoms with Gasteiger partial charge in [0.25, 0.3) is 0 Å². The summed E-state index contributed by atoms with van der Waals surface area (Å²) in [6.45, 7) is 3.06. The molecule has 3 unspecified atom stereocenters. The lowest BCUT2D eigenvalue weighted by molar-refractivity contribution is 0.198. The van der Waals surface area contributed by atoms with Crippen LogP contribution < -0.4 is 5.32 Å². The predicted octanol–water partition coefficient (Wildman–Crippen LogP) is 1.88. The van der Waals surface area contributed by atoms with Crippen LogP contribution in [0.25, 0.3) is 0 Å². The zero-order valence-corrected chi connectivity index (χ0v) is 10.1. The summed E-state index contributed by atoms with van der Waals surface area (Å²) in [5.41, 5.74) is 0. The van der Waals surface area contributed by atoms with Crippen LogP contribution in [0.15, 0.2) is 0 Å². The van der Waals surface area contributed by atoms with Gasteiger partial charge in [0.2, 0.25) is 0 Å². The molecule has 0 bridgehead atoms. The maximum absolute atomic E-state index is 9.56. The van der Waals surface area contributed by atoms with E-state index in [0.717, 1.165) is 23.5 Å². The van der Waals surface area contributed by atoms with E-state index in [1.54, 1.807) is 0 Å². The third-order valence-corrected chi connectivity index (χ3v) is 4.33. The van der Waals surface area contributed by atoms with E-state index in [0.29, 0.717) is 0 Å². The number of hydrogen-bond donors (Lipinski definition) is 2. The van der Waals surface area contributed by atoms with Crippen molar-refractivity contribution in [3.63, 3.8) is 0 Å². The second-order valence-electron chi connectivity index (χ2n) is 4.44. The molecule has 3 heteroatoms. The normalized spacial score (nSPS) is 30.2. The van der Waals surface area contributed by atoms with Crippen molar-refractivity contribution < 1.29 is 5.11 Å². The van der Waals surface area contributed by atoms with Gasteiger partial charge in [0.15, 0.2) is 0 Å². The van der Waals surface area contributed by atoms with E-state index in [1.807, 2.05) is 18.8 Å². The molecular formula is C11H23NOS. The van der Waals surface area contributed by atoms with Gasteiger partial charge in [-0.05, 0) is 25.8 Å². The first-order valence-corrected chi connectivity index (χ1v) is 6.71. The fourth-order valence-corrected chi connectivity index (χ4v) is 3.48. The van der Waals surface area contributed by atoms with Crippen molar-refractivity contribution in [3.05, 3.63) is 0 Å². The molecule has 1 fully saturated rings. The van der Waals surface area contributed by atoms with Gasteiger partial charge in [-0.25, -0.2) is 0 Å². The Morgan fingerprint density at radius 1 is 1.50 bits per heavy atom. The van der Waals surface area contributed by atoms with Crippen molar-refractivity contribution in [2.45, 2.75) is 44.0 Å². The van der Waals surface area contributed by atoms with Crippen molar-refractivity contribution in [1.82, 2.24) is 5.32 Å². The van der Waals surface area contributed by atoms with Crippen molar-refractivity contribution >= 4 is 11.8 Å². The zero-order valence-electron chi connectivity index (χ0n) is 9.33. The number of likely N-dealkylation sites (N-methyl/N-ethyl adjacent to an activating group) is 1. The maximum Gasteiger partial charge on any atom is 0.0754 e. The van der Waals surface area contributed by atoms with Crippen LogP contribution in [0.5, 0.6) is 0 Å². The average Bonchev–Trinajstić information content (AvgIpc) is 2.15. The molecule has 0 amide bonds. The molecule has 0 aromatic heterocycles. The highest BCUT2D eigenvalue weighted by molar-refractivity contribution is 7.99. The van der Waals surface area contributed by atoms with Gasteiger partial charge in [-0.2, -0.15) is 11.8 Å². The molecule has 0 radical (unpaired) electrons. The Balaban J connectivity index is 2.10. The van der Waals surface area contributed by atoms with Gasteiger partial charge in [-0.15, -0.1) is 0 Å². The summed E-state index contributed by atoms with van der Waals surface area (Å²) in [5.74, 6) is 1.78. The number of rotatable bonds is 5. The second-order valence-corrected chi connectivity index (χ2v) is 5.77. The Morgan fingerprint density at radius 2 is 2.29 bits per heavy atom. The van der Waals surface area contributed by atoms with E-state index in [2.05, 4.69) is 12.2 Å². The Morgan fingerprint density at radius 3 is 2.93 bits per heavy atom. The molecule has 1 aliphatic carbocycles. The smallest absolute Gasteiger partial charge is 0.0754 e. The quantitative estimate of drug-likeness (QED) is 0.737. The van der Waals surface area contributed by atoms with E-state index >= 15 is 0 Å². The predicted molar refractivity (Wildman–Crippen MR) is 63.8 cm³/mol. The van der Waals surface area contributed by atoms with Crippen molar-refractivity contribution in [3.8, 4) is 0 Å². The fourth-order valence-electron chi connectivity index (χ4n) is 2.07. The average molecular weight is 217 g/mol. The number of thioether (sulfide) groups is 1. The molecule has 1 aliphatic rings. The lowest BCUT2D eigenvalue weighted by Crippen LogP contribution is -2.27. The van der Waals surface area contributed by atoms with Crippen LogP contribution in [0.1, 0.15) is 32.6 Å². The van der Waals surface area contributed by atoms with E-state index in [9.17, 15) is 5.11 Å². The Labute approximate surface area is 91.9 Å². The van der Waals surface area contributed by atoms with Crippen molar-refractivity contribution in [1.29, 1.82) is 0 Å². The highest BCUT2D eigenvalue weighted by Gasteiger charge is 2.19. The fraction of sp³-hybridized carbons (Fsp3) is 1.00. The molecule has 0 aromatic carbocycles. The minimum Gasteiger partial charge on any atom is -0.391 e. The molecule has 0 saturated heterocycles. The number of aliphatic hydroxyl groups is 1. The third-order valence-electron chi connectivity index (χ3n) is 2.85. The molecule has 84 valence electrons. The lowest BCUT2D eigenvalue weighted by atomic mass is 9.91. The molecule has 2 N–H and O–H groups in total. The van der Waals surface area contributed by atoms with Crippen molar-refractivity contribution in [2.75, 3.05) is 19.3 Å². The highest BCUT2D eigenvalue weighted by atomic mass is 32.2. The second kappa shape index (κ2) is 6.70. The van der Waals surface area contributed by atoms with Gasteiger partial charge >= 0.3 is 0 Å². The standard InChI is InChI=1S/C11H23NOS/c1-9-4-3-5-11(6-9)14-8-10(13)7-12-2/h9-13H,3-8H2,1-2H3. The van der Waals surface area contributed by atoms with E-state index < -0.39 is 0 Å². The number of hydrogen-bond acceptors (Lipinski definition) is 3. The molecule has 1 rings (SSSR count). The van der Waals surface area contributed by atoms with Gasteiger partial charge in [-0.3, -0.25) is 0 Å². The van der Waals surface area contributed by atoms with E-state index in [4.69, 9.17) is 0 Å². The van der Waals surface area contributed by atoms with Crippen LogP contribution in [0.2, 0.25) is 0 Å². The molecule has 2 nitrogen and oxygen atoms in total. The van der Waals surface area contributed by atoms with Crippen molar-refractivity contribution in [2.24, 2.45) is 5.92 Å². The molecule has 0 spiro atoms. The highest BCUT2D eigenvalue weighted by Crippen LogP contribution is 2.31. The molecule has 14 heavy (non-hydrogen) atoms. The zero-order chi connectivity index (χ0) is 10.4. The summed E-state index contributed by atoms with van der Waals surface area (Å²) in [4.78, 5) is 0. The van der Waals surface area contributed by atoms with Crippen LogP contribution in [-0.4, -0.2) is 35.8 Å². The van der Waals surface area contributed by atoms with Crippen LogP contribution in [0.4, 0.5) is 0 Å². The van der Waals surface area contributed by atoms with Gasteiger partial charge in [0.05, 0.1) is 6.10 Å². The van der Waals surface area contributed by atoms with Gasteiger partial charge in [0.1, 0.15) is 0 Å². The molecule has 0 heterocycles. The first-order chi connectivity index (χ1) is 6.72. The largest absolute Gasteiger partial charge is 0.391 e. The molecule has 1 saturated carbocycles. The van der Waals surface area contributed by atoms with E-state index in [-0.39, 0.29) is 6.10 Å². The Kier molecular flexibility index (Phi) is 5.90. The van der Waals surface area contributed by atoms with Gasteiger partial charge in [0, 0.05) is 17.5 Å². The van der Waals surface area contributed by atoms with Crippen LogP contribution in [0.3, 0.4) is 0 Å². The maximum atomic E-state index is 9.56. The molecule has 3 atom stereocenters. The molecule has 0 aliphatic heterocycles. The summed E-state index contributed by atoms with van der Waals surface area (Å²) in [5, 5.41) is 13.4. The lowest BCUT2D eigenvalue weighted by Gasteiger charge is -2.26. The summed E-state index contributed by atoms with van der Waals surface area (Å²) < 4.78 is 0. The Hall–Kier alpha value is 0.270. The topological polar surface area (TPSA) is 32.3 Å². The monoisotopic (exact) mass is 217 g/mol. The number of aliphatic hydroxyl groups excluding tert-OH is 1. The summed E-state index contributed by atoms with van der Waals surface area (Å²) >= 11 is 1.96. The van der Waals surface area contributed by atoms with Gasteiger partial charge < -0.3 is 10.4 Å². The molecule has 0 aromatic rings. The van der Waals surface area contributed by atoms with E-state index in [1.165, 1.54) is 25.7 Å². The first-order valence-electron chi connectivity index (χ1n) is 5.66. The summed E-state index contributed by atoms with van der Waals surface area (Å²) in [7, 11) is 1.89. The first kappa shape index (κ1) is 12.3. The number of nitrogens with one attached hydrogen (secondary N) is 1. The van der Waals surface area contributed by atoms with Gasteiger partial charge in [-0.1, -0.05) is 19.8 Å². The minimum atomic E-state index is -0.178. The van der Waals surface area contributed by atoms with Crippen LogP contribution >= 0.6 is 11.8 Å². The summed E-state index contributed by atoms with van der Waals surface area (Å²) in [6.07, 6.45) is 5.29. The SMILES string of the molecule is CNCC(O)CSC1CCCC(C)C1. The molecular weight excluding hydrogens is 194 g/mol. The minimum absolute atomic E-state index is 0.178.